The van der Waals surface area contributed by atoms with Crippen molar-refractivity contribution in [2.45, 2.75) is 26.2 Å². The first-order chi connectivity index (χ1) is 7.88. The van der Waals surface area contributed by atoms with Gasteiger partial charge in [-0.15, -0.1) is 22.7 Å². The molecular weight excluding hydrogens is 232 g/mol. The summed E-state index contributed by atoms with van der Waals surface area (Å²) in [6.07, 6.45) is 5.76. The molecular formula is C14H16S2. The van der Waals surface area contributed by atoms with Crippen molar-refractivity contribution in [3.8, 4) is 0 Å². The van der Waals surface area contributed by atoms with E-state index in [9.17, 15) is 0 Å². The van der Waals surface area contributed by atoms with Crippen molar-refractivity contribution in [3.63, 3.8) is 0 Å². The highest BCUT2D eigenvalue weighted by Gasteiger charge is 1.99. The molecule has 0 bridgehead atoms. The number of hydrogen-bond acceptors (Lipinski definition) is 2. The molecule has 2 aromatic heterocycles. The third kappa shape index (κ3) is 3.32. The summed E-state index contributed by atoms with van der Waals surface area (Å²) in [6.45, 7) is 2.24. The van der Waals surface area contributed by atoms with E-state index in [-0.39, 0.29) is 0 Å². The van der Waals surface area contributed by atoms with E-state index >= 15 is 0 Å². The number of hydrogen-bond donors (Lipinski definition) is 0. The number of thiophene rings is 2. The van der Waals surface area contributed by atoms with E-state index in [1.54, 1.807) is 5.57 Å². The van der Waals surface area contributed by atoms with E-state index in [4.69, 9.17) is 0 Å². The molecule has 16 heavy (non-hydrogen) atoms. The van der Waals surface area contributed by atoms with E-state index in [1.165, 1.54) is 9.75 Å². The first-order valence-electron chi connectivity index (χ1n) is 5.61. The molecule has 0 spiro atoms. The van der Waals surface area contributed by atoms with Crippen LogP contribution in [0.3, 0.4) is 0 Å². The van der Waals surface area contributed by atoms with Gasteiger partial charge in [-0.1, -0.05) is 30.7 Å². The maximum Gasteiger partial charge on any atom is 0.00856 e. The van der Waals surface area contributed by atoms with Crippen LogP contribution in [0.25, 0.3) is 0 Å². The van der Waals surface area contributed by atoms with Gasteiger partial charge in [0, 0.05) is 16.2 Å². The van der Waals surface area contributed by atoms with Crippen LogP contribution >= 0.6 is 22.7 Å². The number of allylic oxidation sites excluding steroid dienone is 2. The van der Waals surface area contributed by atoms with Crippen LogP contribution in [0.2, 0.25) is 0 Å². The standard InChI is InChI=1S/C14H16S2/c1-2-12(11-14-6-4-10-16-14)7-8-13-5-3-9-15-13/h3-7,9-10H,2,8,11H2,1H3. The monoisotopic (exact) mass is 248 g/mol. The van der Waals surface area contributed by atoms with Gasteiger partial charge in [-0.3, -0.25) is 0 Å². The molecule has 0 nitrogen and oxygen atoms in total. The fourth-order valence-corrected chi connectivity index (χ4v) is 3.08. The fraction of sp³-hybridized carbons (Fsp3) is 0.286. The summed E-state index contributed by atoms with van der Waals surface area (Å²) < 4.78 is 0. The zero-order valence-corrected chi connectivity index (χ0v) is 11.1. The van der Waals surface area contributed by atoms with Crippen molar-refractivity contribution in [1.82, 2.24) is 0 Å². The SMILES string of the molecule is CCC(=CCc1cccs1)Cc1cccs1. The molecule has 0 N–H and O–H groups in total. The van der Waals surface area contributed by atoms with Gasteiger partial charge < -0.3 is 0 Å². The molecule has 0 amide bonds. The van der Waals surface area contributed by atoms with Crippen molar-refractivity contribution >= 4 is 22.7 Å². The largest absolute Gasteiger partial charge is 0.149 e. The normalized spacial score (nSPS) is 11.9. The fourth-order valence-electron chi connectivity index (χ4n) is 1.65. The lowest BCUT2D eigenvalue weighted by molar-refractivity contribution is 1.000. The Morgan fingerprint density at radius 3 is 2.38 bits per heavy atom. The topological polar surface area (TPSA) is 0 Å². The first-order valence-corrected chi connectivity index (χ1v) is 7.37. The van der Waals surface area contributed by atoms with Crippen molar-refractivity contribution in [1.29, 1.82) is 0 Å². The Bertz CT molecular complexity index is 421. The minimum absolute atomic E-state index is 1.09. The van der Waals surface area contributed by atoms with Gasteiger partial charge in [0.2, 0.25) is 0 Å². The van der Waals surface area contributed by atoms with Crippen molar-refractivity contribution in [2.75, 3.05) is 0 Å². The molecule has 2 heterocycles. The van der Waals surface area contributed by atoms with Crippen molar-refractivity contribution < 1.29 is 0 Å². The van der Waals surface area contributed by atoms with E-state index in [0.717, 1.165) is 19.3 Å². The second-order valence-corrected chi connectivity index (χ2v) is 5.82. The third-order valence-electron chi connectivity index (χ3n) is 2.61. The number of rotatable bonds is 5. The van der Waals surface area contributed by atoms with E-state index in [2.05, 4.69) is 48.0 Å². The van der Waals surface area contributed by atoms with Crippen LogP contribution in [-0.4, -0.2) is 0 Å². The Kier molecular flexibility index (Phi) is 4.37. The molecule has 0 aliphatic heterocycles. The van der Waals surface area contributed by atoms with Crippen LogP contribution < -0.4 is 0 Å². The van der Waals surface area contributed by atoms with Gasteiger partial charge >= 0.3 is 0 Å². The Morgan fingerprint density at radius 2 is 1.81 bits per heavy atom. The molecule has 0 aliphatic rings. The molecule has 0 saturated heterocycles. The molecule has 0 atom stereocenters. The molecule has 84 valence electrons. The van der Waals surface area contributed by atoms with Gasteiger partial charge in [0.05, 0.1) is 0 Å². The lowest BCUT2D eigenvalue weighted by Crippen LogP contribution is -1.88. The van der Waals surface area contributed by atoms with Crippen LogP contribution in [-0.2, 0) is 12.8 Å². The molecule has 2 heteroatoms. The molecule has 0 radical (unpaired) electrons. The predicted octanol–water partition coefficient (Wildman–Crippen LogP) is 4.93. The zero-order chi connectivity index (χ0) is 11.2. The Balaban J connectivity index is 1.96. The van der Waals surface area contributed by atoms with E-state index in [1.807, 2.05) is 22.7 Å². The van der Waals surface area contributed by atoms with Crippen LogP contribution in [0.4, 0.5) is 0 Å². The second kappa shape index (κ2) is 6.02. The molecule has 2 aromatic rings. The summed E-state index contributed by atoms with van der Waals surface area (Å²) in [4.78, 5) is 2.93. The highest BCUT2D eigenvalue weighted by Crippen LogP contribution is 2.18. The van der Waals surface area contributed by atoms with Gasteiger partial charge in [-0.05, 0) is 35.7 Å². The summed E-state index contributed by atoms with van der Waals surface area (Å²) in [5.41, 5.74) is 1.55. The highest BCUT2D eigenvalue weighted by atomic mass is 32.1. The van der Waals surface area contributed by atoms with Crippen molar-refractivity contribution in [2.24, 2.45) is 0 Å². The lowest BCUT2D eigenvalue weighted by atomic mass is 10.1. The van der Waals surface area contributed by atoms with E-state index in [0.29, 0.717) is 0 Å². The molecule has 0 unspecified atom stereocenters. The average Bonchev–Trinajstić information content (AvgIpc) is 2.97. The van der Waals surface area contributed by atoms with Gasteiger partial charge in [-0.2, -0.15) is 0 Å². The highest BCUT2D eigenvalue weighted by molar-refractivity contribution is 7.10. The van der Waals surface area contributed by atoms with Crippen LogP contribution in [0.5, 0.6) is 0 Å². The zero-order valence-electron chi connectivity index (χ0n) is 9.48. The lowest BCUT2D eigenvalue weighted by Gasteiger charge is -2.02. The summed E-state index contributed by atoms with van der Waals surface area (Å²) in [5, 5.41) is 4.30. The molecule has 0 saturated carbocycles. The van der Waals surface area contributed by atoms with Crippen LogP contribution in [0.15, 0.2) is 46.7 Å². The Morgan fingerprint density at radius 1 is 1.12 bits per heavy atom. The Labute approximate surface area is 105 Å². The smallest absolute Gasteiger partial charge is 0.00856 e. The van der Waals surface area contributed by atoms with Crippen LogP contribution in [0.1, 0.15) is 23.1 Å². The molecule has 0 aromatic carbocycles. The summed E-state index contributed by atoms with van der Waals surface area (Å²) in [7, 11) is 0. The summed E-state index contributed by atoms with van der Waals surface area (Å²) >= 11 is 3.69. The quantitative estimate of drug-likeness (QED) is 0.658. The maximum atomic E-state index is 2.39. The Hall–Kier alpha value is -0.860. The van der Waals surface area contributed by atoms with Gasteiger partial charge in [0.1, 0.15) is 0 Å². The summed E-state index contributed by atoms with van der Waals surface area (Å²) in [6, 6.07) is 8.68. The minimum atomic E-state index is 1.09. The second-order valence-electron chi connectivity index (χ2n) is 3.76. The van der Waals surface area contributed by atoms with Crippen molar-refractivity contribution in [3.05, 3.63) is 56.4 Å². The minimum Gasteiger partial charge on any atom is -0.149 e. The van der Waals surface area contributed by atoms with E-state index < -0.39 is 0 Å². The average molecular weight is 248 g/mol. The predicted molar refractivity (Wildman–Crippen MR) is 74.4 cm³/mol. The maximum absolute atomic E-state index is 2.39. The molecule has 0 aliphatic carbocycles. The van der Waals surface area contributed by atoms with Crippen LogP contribution in [0, 0.1) is 0 Å². The van der Waals surface area contributed by atoms with Gasteiger partial charge in [0.15, 0.2) is 0 Å². The molecule has 2 rings (SSSR count). The van der Waals surface area contributed by atoms with Gasteiger partial charge in [-0.25, -0.2) is 0 Å². The third-order valence-corrected chi connectivity index (χ3v) is 4.38. The van der Waals surface area contributed by atoms with Gasteiger partial charge in [0.25, 0.3) is 0 Å². The summed E-state index contributed by atoms with van der Waals surface area (Å²) in [5.74, 6) is 0. The first kappa shape index (κ1) is 11.6. The molecule has 0 fully saturated rings.